The molecule has 0 spiro atoms. The van der Waals surface area contributed by atoms with Crippen LogP contribution < -0.4 is 5.32 Å². The Bertz CT molecular complexity index is 400. The van der Waals surface area contributed by atoms with Crippen LogP contribution >= 0.6 is 12.6 Å². The van der Waals surface area contributed by atoms with E-state index in [0.29, 0.717) is 6.54 Å². The van der Waals surface area contributed by atoms with Crippen LogP contribution in [0.25, 0.3) is 0 Å². The molecule has 2 rings (SSSR count). The highest BCUT2D eigenvalue weighted by Gasteiger charge is 2.18. The summed E-state index contributed by atoms with van der Waals surface area (Å²) in [6.07, 6.45) is 10.1. The van der Waals surface area contributed by atoms with Crippen molar-refractivity contribution in [3.63, 3.8) is 0 Å². The van der Waals surface area contributed by atoms with Crippen molar-refractivity contribution >= 4 is 24.8 Å². The Labute approximate surface area is 114 Å². The van der Waals surface area contributed by atoms with Gasteiger partial charge >= 0.3 is 0 Å². The molecule has 18 heavy (non-hydrogen) atoms. The van der Waals surface area contributed by atoms with Crippen LogP contribution in [0.2, 0.25) is 0 Å². The first-order valence-corrected chi connectivity index (χ1v) is 7.32. The van der Waals surface area contributed by atoms with E-state index in [1.165, 1.54) is 32.1 Å². The predicted molar refractivity (Wildman–Crippen MR) is 79.7 cm³/mol. The highest BCUT2D eigenvalue weighted by Crippen LogP contribution is 2.28. The van der Waals surface area contributed by atoms with Gasteiger partial charge in [0.2, 0.25) is 0 Å². The van der Waals surface area contributed by atoms with Gasteiger partial charge in [0.1, 0.15) is 5.82 Å². The largest absolute Gasteiger partial charge is 0.331 e. The number of rotatable bonds is 6. The second-order valence-electron chi connectivity index (χ2n) is 4.74. The zero-order chi connectivity index (χ0) is 12.8. The maximum atomic E-state index is 4.53. The Morgan fingerprint density at radius 2 is 2.22 bits per heavy atom. The molecule has 2 heterocycles. The summed E-state index contributed by atoms with van der Waals surface area (Å²) in [5, 5.41) is 3.32. The summed E-state index contributed by atoms with van der Waals surface area (Å²) >= 11 is 4.53. The van der Waals surface area contributed by atoms with Crippen molar-refractivity contribution in [2.45, 2.75) is 50.8 Å². The second kappa shape index (κ2) is 6.83. The molecule has 1 unspecified atom stereocenters. The topological polar surface area (TPSA) is 42.2 Å². The van der Waals surface area contributed by atoms with Gasteiger partial charge in [-0.3, -0.25) is 4.99 Å². The number of aryl methyl sites for hydroxylation is 1. The van der Waals surface area contributed by atoms with Crippen LogP contribution in [0.5, 0.6) is 0 Å². The maximum Gasteiger partial charge on any atom is 0.135 e. The SMILES string of the molecule is CCCCCCCn1cnc2c1NC=NCC2S. The molecular formula is C13H22N4S. The van der Waals surface area contributed by atoms with E-state index in [4.69, 9.17) is 0 Å². The van der Waals surface area contributed by atoms with Crippen molar-refractivity contribution < 1.29 is 0 Å². The van der Waals surface area contributed by atoms with Gasteiger partial charge in [-0.1, -0.05) is 32.6 Å². The molecule has 1 aromatic rings. The third-order valence-electron chi connectivity index (χ3n) is 3.26. The molecule has 1 atom stereocenters. The average Bonchev–Trinajstić information content (AvgIpc) is 2.68. The van der Waals surface area contributed by atoms with E-state index >= 15 is 0 Å². The Morgan fingerprint density at radius 3 is 3.06 bits per heavy atom. The third kappa shape index (κ3) is 3.28. The Morgan fingerprint density at radius 1 is 1.39 bits per heavy atom. The number of aromatic nitrogens is 2. The van der Waals surface area contributed by atoms with E-state index < -0.39 is 0 Å². The van der Waals surface area contributed by atoms with Crippen LogP contribution in [0, 0.1) is 0 Å². The van der Waals surface area contributed by atoms with Gasteiger partial charge in [0.15, 0.2) is 0 Å². The minimum absolute atomic E-state index is 0.104. The molecule has 1 N–H and O–H groups in total. The zero-order valence-corrected chi connectivity index (χ0v) is 11.9. The highest BCUT2D eigenvalue weighted by molar-refractivity contribution is 7.80. The number of hydrogen-bond acceptors (Lipinski definition) is 4. The number of fused-ring (bicyclic) bond motifs is 1. The monoisotopic (exact) mass is 266 g/mol. The van der Waals surface area contributed by atoms with Crippen LogP contribution in [0.4, 0.5) is 5.82 Å². The molecule has 0 fully saturated rings. The van der Waals surface area contributed by atoms with Gasteiger partial charge in [0, 0.05) is 6.54 Å². The fourth-order valence-corrected chi connectivity index (χ4v) is 2.48. The van der Waals surface area contributed by atoms with Crippen LogP contribution in [-0.2, 0) is 6.54 Å². The quantitative estimate of drug-likeness (QED) is 0.613. The fourth-order valence-electron chi connectivity index (χ4n) is 2.20. The molecule has 1 aliphatic rings. The van der Waals surface area contributed by atoms with Crippen LogP contribution in [0.1, 0.15) is 50.0 Å². The molecule has 100 valence electrons. The first kappa shape index (κ1) is 13.5. The number of thiol groups is 1. The molecule has 0 radical (unpaired) electrons. The van der Waals surface area contributed by atoms with Crippen molar-refractivity contribution in [3.05, 3.63) is 12.0 Å². The normalized spacial score (nSPS) is 18.2. The number of anilines is 1. The first-order valence-electron chi connectivity index (χ1n) is 6.81. The molecule has 0 aliphatic carbocycles. The molecule has 0 amide bonds. The maximum absolute atomic E-state index is 4.53. The number of aliphatic imine (C=N–C) groups is 1. The number of hydrogen-bond donors (Lipinski definition) is 2. The third-order valence-corrected chi connectivity index (χ3v) is 3.66. The van der Waals surface area contributed by atoms with Crippen molar-refractivity contribution in [1.82, 2.24) is 9.55 Å². The van der Waals surface area contributed by atoms with Crippen LogP contribution in [0.3, 0.4) is 0 Å². The van der Waals surface area contributed by atoms with E-state index in [2.05, 4.69) is 39.4 Å². The molecule has 5 heteroatoms. The van der Waals surface area contributed by atoms with E-state index in [-0.39, 0.29) is 5.25 Å². The molecule has 1 aromatic heterocycles. The lowest BCUT2D eigenvalue weighted by molar-refractivity contribution is 0.571. The lowest BCUT2D eigenvalue weighted by Crippen LogP contribution is -2.05. The number of nitrogens with zero attached hydrogens (tertiary/aromatic N) is 3. The Hall–Kier alpha value is -0.970. The number of nitrogens with one attached hydrogen (secondary N) is 1. The van der Waals surface area contributed by atoms with Gasteiger partial charge < -0.3 is 9.88 Å². The van der Waals surface area contributed by atoms with Crippen molar-refractivity contribution in [3.8, 4) is 0 Å². The lowest BCUT2D eigenvalue weighted by Gasteiger charge is -2.09. The molecule has 0 bridgehead atoms. The summed E-state index contributed by atoms with van der Waals surface area (Å²) < 4.78 is 2.18. The number of imidazole rings is 1. The van der Waals surface area contributed by atoms with E-state index in [9.17, 15) is 0 Å². The van der Waals surface area contributed by atoms with Crippen LogP contribution in [-0.4, -0.2) is 22.4 Å². The summed E-state index contributed by atoms with van der Waals surface area (Å²) in [4.78, 5) is 8.69. The summed E-state index contributed by atoms with van der Waals surface area (Å²) in [5.74, 6) is 1.06. The molecule has 4 nitrogen and oxygen atoms in total. The predicted octanol–water partition coefficient (Wildman–Crippen LogP) is 3.28. The van der Waals surface area contributed by atoms with Gasteiger partial charge in [0.05, 0.1) is 30.2 Å². The summed E-state index contributed by atoms with van der Waals surface area (Å²) in [6.45, 7) is 3.95. The van der Waals surface area contributed by atoms with E-state index in [1.54, 1.807) is 6.34 Å². The standard InChI is InChI=1S/C13H22N4S/c1-2-3-4-5-6-7-17-10-16-12-11(18)8-14-9-15-13(12)17/h9-11,18H,2-8H2,1H3,(H,14,15). The minimum atomic E-state index is 0.104. The second-order valence-corrected chi connectivity index (χ2v) is 5.36. The van der Waals surface area contributed by atoms with Crippen molar-refractivity contribution in [2.75, 3.05) is 11.9 Å². The van der Waals surface area contributed by atoms with Gasteiger partial charge in [-0.25, -0.2) is 4.98 Å². The average molecular weight is 266 g/mol. The Kier molecular flexibility index (Phi) is 5.11. The highest BCUT2D eigenvalue weighted by atomic mass is 32.1. The zero-order valence-electron chi connectivity index (χ0n) is 11.0. The van der Waals surface area contributed by atoms with Gasteiger partial charge in [-0.2, -0.15) is 12.6 Å². The van der Waals surface area contributed by atoms with Gasteiger partial charge in [-0.15, -0.1) is 0 Å². The van der Waals surface area contributed by atoms with Gasteiger partial charge in [0.25, 0.3) is 0 Å². The molecule has 1 aliphatic heterocycles. The summed E-state index contributed by atoms with van der Waals surface area (Å²) in [7, 11) is 0. The fraction of sp³-hybridized carbons (Fsp3) is 0.692. The van der Waals surface area contributed by atoms with Crippen molar-refractivity contribution in [1.29, 1.82) is 0 Å². The smallest absolute Gasteiger partial charge is 0.135 e. The summed E-state index contributed by atoms with van der Waals surface area (Å²) in [6, 6.07) is 0. The van der Waals surface area contributed by atoms with Crippen molar-refractivity contribution in [2.24, 2.45) is 4.99 Å². The van der Waals surface area contributed by atoms with E-state index in [0.717, 1.165) is 18.1 Å². The molecular weight excluding hydrogens is 244 g/mol. The Balaban J connectivity index is 1.91. The number of unbranched alkanes of at least 4 members (excludes halogenated alkanes) is 4. The summed E-state index contributed by atoms with van der Waals surface area (Å²) in [5.41, 5.74) is 1.02. The molecule has 0 saturated carbocycles. The first-order chi connectivity index (χ1) is 8.83. The lowest BCUT2D eigenvalue weighted by atomic mass is 10.1. The van der Waals surface area contributed by atoms with Gasteiger partial charge in [-0.05, 0) is 6.42 Å². The van der Waals surface area contributed by atoms with E-state index in [1.807, 2.05) is 6.33 Å². The minimum Gasteiger partial charge on any atom is -0.331 e. The van der Waals surface area contributed by atoms with Crippen LogP contribution in [0.15, 0.2) is 11.3 Å². The molecule has 0 saturated heterocycles. The molecule has 0 aromatic carbocycles.